The molecular weight excluding hydrogens is 148 g/mol. The van der Waals surface area contributed by atoms with Gasteiger partial charge >= 0.3 is 0 Å². The fraction of sp³-hybridized carbons (Fsp3) is 0.818. The average Bonchev–Trinajstić information content (AvgIpc) is 2.10. The minimum atomic E-state index is 0.211. The number of hydrogen-bond donors (Lipinski definition) is 1. The fourth-order valence-electron chi connectivity index (χ4n) is 1.27. The zero-order chi connectivity index (χ0) is 9.23. The molecule has 0 spiro atoms. The lowest BCUT2D eigenvalue weighted by Crippen LogP contribution is -1.87. The molecule has 0 amide bonds. The highest BCUT2D eigenvalue weighted by Crippen LogP contribution is 2.14. The van der Waals surface area contributed by atoms with E-state index in [1.165, 1.54) is 44.1 Å². The van der Waals surface area contributed by atoms with Crippen molar-refractivity contribution in [3.8, 4) is 0 Å². The zero-order valence-corrected chi connectivity index (χ0v) is 8.47. The van der Waals surface area contributed by atoms with Crippen molar-refractivity contribution in [2.75, 3.05) is 6.61 Å². The van der Waals surface area contributed by atoms with Gasteiger partial charge in [0.1, 0.15) is 0 Å². The monoisotopic (exact) mass is 170 g/mol. The summed E-state index contributed by atoms with van der Waals surface area (Å²) in [4.78, 5) is 0. The highest BCUT2D eigenvalue weighted by atomic mass is 16.2. The van der Waals surface area contributed by atoms with Crippen LogP contribution >= 0.6 is 0 Å². The summed E-state index contributed by atoms with van der Waals surface area (Å²) in [6, 6.07) is 0. The van der Waals surface area contributed by atoms with Crippen LogP contribution in [0, 0.1) is 0 Å². The Balaban J connectivity index is 3.62. The molecule has 0 aliphatic rings. The summed E-state index contributed by atoms with van der Waals surface area (Å²) >= 11 is 0. The van der Waals surface area contributed by atoms with E-state index < -0.39 is 0 Å². The Morgan fingerprint density at radius 2 is 1.58 bits per heavy atom. The minimum Gasteiger partial charge on any atom is -0.392 e. The summed E-state index contributed by atoms with van der Waals surface area (Å²) in [7, 11) is 0. The van der Waals surface area contributed by atoms with Gasteiger partial charge in [0.05, 0.1) is 6.61 Å². The summed E-state index contributed by atoms with van der Waals surface area (Å²) in [5.41, 5.74) is 1.45. The Bertz CT molecular complexity index is 106. The van der Waals surface area contributed by atoms with Crippen molar-refractivity contribution in [3.63, 3.8) is 0 Å². The van der Waals surface area contributed by atoms with Gasteiger partial charge in [-0.3, -0.25) is 0 Å². The lowest BCUT2D eigenvalue weighted by molar-refractivity contribution is 0.341. The summed E-state index contributed by atoms with van der Waals surface area (Å²) in [5, 5.41) is 8.76. The van der Waals surface area contributed by atoms with E-state index in [9.17, 15) is 0 Å². The normalized spacial score (nSPS) is 9.92. The fourth-order valence-corrected chi connectivity index (χ4v) is 1.27. The molecule has 72 valence electrons. The maximum absolute atomic E-state index is 8.76. The maximum atomic E-state index is 8.76. The van der Waals surface area contributed by atoms with Crippen LogP contribution in [0.2, 0.25) is 0 Å². The highest BCUT2D eigenvalue weighted by molar-refractivity contribution is 5.01. The molecule has 0 heterocycles. The van der Waals surface area contributed by atoms with Crippen molar-refractivity contribution in [1.82, 2.24) is 0 Å². The van der Waals surface area contributed by atoms with Gasteiger partial charge in [0, 0.05) is 0 Å². The Kier molecular flexibility index (Phi) is 8.57. The lowest BCUT2D eigenvalue weighted by atomic mass is 10.0. The van der Waals surface area contributed by atoms with Crippen LogP contribution < -0.4 is 0 Å². The number of aliphatic hydroxyl groups excluding tert-OH is 1. The van der Waals surface area contributed by atoms with E-state index in [1.807, 2.05) is 6.08 Å². The van der Waals surface area contributed by atoms with Crippen molar-refractivity contribution >= 4 is 0 Å². The first-order valence-corrected chi connectivity index (χ1v) is 5.13. The summed E-state index contributed by atoms with van der Waals surface area (Å²) < 4.78 is 0. The molecule has 0 bridgehead atoms. The van der Waals surface area contributed by atoms with E-state index >= 15 is 0 Å². The molecule has 0 atom stereocenters. The van der Waals surface area contributed by atoms with Crippen LogP contribution in [0.5, 0.6) is 0 Å². The van der Waals surface area contributed by atoms with Gasteiger partial charge in [0.2, 0.25) is 0 Å². The Morgan fingerprint density at radius 3 is 1.92 bits per heavy atom. The average molecular weight is 170 g/mol. The number of aliphatic hydroxyl groups is 1. The third-order valence-electron chi connectivity index (χ3n) is 2.08. The first-order chi connectivity index (χ1) is 5.85. The molecule has 0 rings (SSSR count). The Morgan fingerprint density at radius 1 is 1.08 bits per heavy atom. The van der Waals surface area contributed by atoms with Gasteiger partial charge in [0.15, 0.2) is 0 Å². The Hall–Kier alpha value is -0.300. The molecule has 1 nitrogen and oxygen atoms in total. The van der Waals surface area contributed by atoms with Crippen molar-refractivity contribution in [1.29, 1.82) is 0 Å². The SMILES string of the molecule is CCCCC(=CCO)CCCC. The maximum Gasteiger partial charge on any atom is 0.0615 e. The highest BCUT2D eigenvalue weighted by Gasteiger charge is 1.95. The van der Waals surface area contributed by atoms with Gasteiger partial charge < -0.3 is 5.11 Å². The van der Waals surface area contributed by atoms with Crippen molar-refractivity contribution in [3.05, 3.63) is 11.6 Å². The first-order valence-electron chi connectivity index (χ1n) is 5.13. The quantitative estimate of drug-likeness (QED) is 0.581. The van der Waals surface area contributed by atoms with Gasteiger partial charge in [0.25, 0.3) is 0 Å². The predicted octanol–water partition coefficient (Wildman–Crippen LogP) is 3.29. The second-order valence-corrected chi connectivity index (χ2v) is 3.25. The topological polar surface area (TPSA) is 20.2 Å². The van der Waals surface area contributed by atoms with Crippen LogP contribution in [0.4, 0.5) is 0 Å². The number of allylic oxidation sites excluding steroid dienone is 1. The van der Waals surface area contributed by atoms with Gasteiger partial charge in [-0.1, -0.05) is 38.3 Å². The molecule has 0 aromatic heterocycles. The number of rotatable bonds is 7. The van der Waals surface area contributed by atoms with Crippen LogP contribution in [-0.4, -0.2) is 11.7 Å². The first kappa shape index (κ1) is 11.7. The van der Waals surface area contributed by atoms with Gasteiger partial charge in [-0.25, -0.2) is 0 Å². The molecule has 0 aliphatic carbocycles. The Labute approximate surface area is 76.5 Å². The van der Waals surface area contributed by atoms with Crippen molar-refractivity contribution < 1.29 is 5.11 Å². The standard InChI is InChI=1S/C11H22O/c1-3-5-7-11(9-10-12)8-6-4-2/h9,12H,3-8,10H2,1-2H3. The molecule has 0 aromatic carbocycles. The van der Waals surface area contributed by atoms with E-state index in [0.717, 1.165) is 0 Å². The molecule has 0 saturated carbocycles. The molecule has 0 unspecified atom stereocenters. The van der Waals surface area contributed by atoms with Crippen LogP contribution in [-0.2, 0) is 0 Å². The van der Waals surface area contributed by atoms with Crippen LogP contribution in [0.1, 0.15) is 52.4 Å². The molecule has 0 fully saturated rings. The molecular formula is C11H22O. The summed E-state index contributed by atoms with van der Waals surface area (Å²) in [5.74, 6) is 0. The van der Waals surface area contributed by atoms with Gasteiger partial charge in [-0.15, -0.1) is 0 Å². The van der Waals surface area contributed by atoms with E-state index in [-0.39, 0.29) is 6.61 Å². The number of hydrogen-bond acceptors (Lipinski definition) is 1. The lowest BCUT2D eigenvalue weighted by Gasteiger charge is -2.04. The van der Waals surface area contributed by atoms with Crippen LogP contribution in [0.15, 0.2) is 11.6 Å². The molecule has 1 heteroatoms. The number of unbranched alkanes of at least 4 members (excludes halogenated alkanes) is 2. The van der Waals surface area contributed by atoms with Gasteiger partial charge in [-0.05, 0) is 25.7 Å². The summed E-state index contributed by atoms with van der Waals surface area (Å²) in [6.07, 6.45) is 9.34. The van der Waals surface area contributed by atoms with E-state index in [1.54, 1.807) is 0 Å². The molecule has 0 aliphatic heterocycles. The van der Waals surface area contributed by atoms with Crippen molar-refractivity contribution in [2.24, 2.45) is 0 Å². The van der Waals surface area contributed by atoms with E-state index in [4.69, 9.17) is 5.11 Å². The van der Waals surface area contributed by atoms with E-state index in [2.05, 4.69) is 13.8 Å². The second kappa shape index (κ2) is 8.79. The third-order valence-corrected chi connectivity index (χ3v) is 2.08. The molecule has 1 N–H and O–H groups in total. The van der Waals surface area contributed by atoms with Gasteiger partial charge in [-0.2, -0.15) is 0 Å². The molecule has 0 aromatic rings. The molecule has 12 heavy (non-hydrogen) atoms. The summed E-state index contributed by atoms with van der Waals surface area (Å²) in [6.45, 7) is 4.62. The van der Waals surface area contributed by atoms with E-state index in [0.29, 0.717) is 0 Å². The smallest absolute Gasteiger partial charge is 0.0615 e. The molecule has 0 radical (unpaired) electrons. The van der Waals surface area contributed by atoms with Crippen molar-refractivity contribution in [2.45, 2.75) is 52.4 Å². The second-order valence-electron chi connectivity index (χ2n) is 3.25. The minimum absolute atomic E-state index is 0.211. The molecule has 0 saturated heterocycles. The largest absolute Gasteiger partial charge is 0.392 e. The zero-order valence-electron chi connectivity index (χ0n) is 8.47. The van der Waals surface area contributed by atoms with Crippen LogP contribution in [0.25, 0.3) is 0 Å². The predicted molar refractivity (Wildman–Crippen MR) is 54.2 cm³/mol. The third kappa shape index (κ3) is 6.41. The van der Waals surface area contributed by atoms with Crippen LogP contribution in [0.3, 0.4) is 0 Å².